The first-order valence-corrected chi connectivity index (χ1v) is 8.85. The number of benzene rings is 2. The Hall–Kier alpha value is -3.59. The van der Waals surface area contributed by atoms with Gasteiger partial charge < -0.3 is 14.8 Å². The number of Topliss-reactive ketones (excluding diaryl/α,β-unsaturated/α-hetero) is 1. The van der Waals surface area contributed by atoms with Crippen LogP contribution in [-0.2, 0) is 20.9 Å². The summed E-state index contributed by atoms with van der Waals surface area (Å²) in [5.41, 5.74) is 1.88. The van der Waals surface area contributed by atoms with Gasteiger partial charge >= 0.3 is 12.1 Å². The predicted octanol–water partition coefficient (Wildman–Crippen LogP) is 3.10. The van der Waals surface area contributed by atoms with Crippen LogP contribution in [0.2, 0.25) is 0 Å². The molecule has 0 aliphatic carbocycles. The molecule has 2 rings (SSSR count). The van der Waals surface area contributed by atoms with E-state index in [1.54, 1.807) is 19.1 Å². The van der Waals surface area contributed by atoms with Crippen LogP contribution in [0.15, 0.2) is 54.6 Å². The van der Waals surface area contributed by atoms with Gasteiger partial charge in [0.15, 0.2) is 0 Å². The fourth-order valence-corrected chi connectivity index (χ4v) is 2.19. The lowest BCUT2D eigenvalue weighted by Gasteiger charge is -2.05. The average molecular weight is 379 g/mol. The van der Waals surface area contributed by atoms with Crippen LogP contribution in [0.3, 0.4) is 0 Å². The summed E-state index contributed by atoms with van der Waals surface area (Å²) in [7, 11) is 0. The molecule has 6 nitrogen and oxygen atoms in total. The first-order valence-electron chi connectivity index (χ1n) is 8.85. The normalized spacial score (nSPS) is 9.61. The van der Waals surface area contributed by atoms with Gasteiger partial charge in [-0.25, -0.2) is 9.59 Å². The number of alkyl carbamates (subject to hydrolysis) is 1. The fraction of sp³-hybridized carbons (Fsp3) is 0.227. The van der Waals surface area contributed by atoms with Crippen molar-refractivity contribution in [1.29, 1.82) is 0 Å². The molecule has 0 heterocycles. The van der Waals surface area contributed by atoms with Gasteiger partial charge in [-0.15, -0.1) is 0 Å². The number of nitrogens with one attached hydrogen (secondary N) is 1. The van der Waals surface area contributed by atoms with E-state index in [-0.39, 0.29) is 18.8 Å². The van der Waals surface area contributed by atoms with E-state index in [1.807, 2.05) is 30.3 Å². The predicted molar refractivity (Wildman–Crippen MR) is 104 cm³/mol. The molecule has 0 spiro atoms. The summed E-state index contributed by atoms with van der Waals surface area (Å²) in [5.74, 6) is 4.30. The molecule has 0 saturated heterocycles. The molecule has 0 aliphatic rings. The van der Waals surface area contributed by atoms with Gasteiger partial charge in [0.05, 0.1) is 6.61 Å². The Morgan fingerprint density at radius 1 is 0.964 bits per heavy atom. The van der Waals surface area contributed by atoms with Crippen molar-refractivity contribution in [2.45, 2.75) is 20.0 Å². The zero-order valence-corrected chi connectivity index (χ0v) is 15.6. The molecule has 0 unspecified atom stereocenters. The number of ketones is 1. The molecule has 2 aromatic rings. The summed E-state index contributed by atoms with van der Waals surface area (Å²) in [4.78, 5) is 34.8. The van der Waals surface area contributed by atoms with Gasteiger partial charge in [-0.05, 0) is 36.8 Å². The van der Waals surface area contributed by atoms with Crippen LogP contribution in [0.5, 0.6) is 0 Å². The summed E-state index contributed by atoms with van der Waals surface area (Å²) in [6.45, 7) is 2.37. The topological polar surface area (TPSA) is 81.7 Å². The van der Waals surface area contributed by atoms with Crippen LogP contribution in [0.4, 0.5) is 4.79 Å². The Morgan fingerprint density at radius 3 is 2.36 bits per heavy atom. The van der Waals surface area contributed by atoms with Crippen molar-refractivity contribution in [3.63, 3.8) is 0 Å². The number of hydrogen-bond donors (Lipinski definition) is 1. The highest BCUT2D eigenvalue weighted by Gasteiger charge is 2.16. The average Bonchev–Trinajstić information content (AvgIpc) is 2.73. The minimum absolute atomic E-state index is 0.155. The van der Waals surface area contributed by atoms with Crippen molar-refractivity contribution < 1.29 is 23.9 Å². The highest BCUT2D eigenvalue weighted by atomic mass is 16.5. The molecule has 0 fully saturated rings. The molecule has 0 aromatic heterocycles. The maximum Gasteiger partial charge on any atom is 0.407 e. The van der Waals surface area contributed by atoms with E-state index in [2.05, 4.69) is 21.9 Å². The van der Waals surface area contributed by atoms with E-state index in [0.717, 1.165) is 5.56 Å². The third kappa shape index (κ3) is 6.96. The SMILES string of the molecule is CCOC(=O)C(=O)c1ccc(C#CCCNC(=O)OCc2ccccc2)cc1. The van der Waals surface area contributed by atoms with Crippen LogP contribution in [-0.4, -0.2) is 31.0 Å². The van der Waals surface area contributed by atoms with E-state index in [9.17, 15) is 14.4 Å². The molecule has 6 heteroatoms. The summed E-state index contributed by atoms with van der Waals surface area (Å²) in [6, 6.07) is 15.8. The van der Waals surface area contributed by atoms with Crippen LogP contribution in [0.25, 0.3) is 0 Å². The molecule has 1 N–H and O–H groups in total. The van der Waals surface area contributed by atoms with Crippen molar-refractivity contribution in [3.05, 3.63) is 71.3 Å². The second-order valence-corrected chi connectivity index (χ2v) is 5.67. The van der Waals surface area contributed by atoms with Crippen molar-refractivity contribution >= 4 is 17.8 Å². The van der Waals surface area contributed by atoms with Gasteiger partial charge in [0, 0.05) is 24.1 Å². The molecule has 144 valence electrons. The highest BCUT2D eigenvalue weighted by Crippen LogP contribution is 2.05. The Bertz CT molecular complexity index is 863. The molecule has 2 aromatic carbocycles. The van der Waals surface area contributed by atoms with Crippen molar-refractivity contribution in [2.75, 3.05) is 13.2 Å². The molecule has 1 amide bonds. The largest absolute Gasteiger partial charge is 0.460 e. The second-order valence-electron chi connectivity index (χ2n) is 5.67. The van der Waals surface area contributed by atoms with Gasteiger partial charge in [-0.3, -0.25) is 4.79 Å². The maximum absolute atomic E-state index is 11.8. The van der Waals surface area contributed by atoms with Gasteiger partial charge in [-0.2, -0.15) is 0 Å². The van der Waals surface area contributed by atoms with Crippen molar-refractivity contribution in [1.82, 2.24) is 5.32 Å². The van der Waals surface area contributed by atoms with Gasteiger partial charge in [-0.1, -0.05) is 42.2 Å². The fourth-order valence-electron chi connectivity index (χ4n) is 2.19. The van der Waals surface area contributed by atoms with E-state index in [0.29, 0.717) is 18.5 Å². The maximum atomic E-state index is 11.8. The molecular weight excluding hydrogens is 358 g/mol. The van der Waals surface area contributed by atoms with Crippen LogP contribution >= 0.6 is 0 Å². The molecule has 0 saturated carbocycles. The summed E-state index contributed by atoms with van der Waals surface area (Å²) in [5, 5.41) is 2.63. The number of rotatable bonds is 7. The van der Waals surface area contributed by atoms with Crippen LogP contribution in [0.1, 0.15) is 34.8 Å². The molecule has 0 atom stereocenters. The van der Waals surface area contributed by atoms with Gasteiger partial charge in [0.2, 0.25) is 0 Å². The number of carbonyl (C=O) groups excluding carboxylic acids is 3. The van der Waals surface area contributed by atoms with E-state index in [4.69, 9.17) is 4.74 Å². The van der Waals surface area contributed by atoms with Crippen LogP contribution < -0.4 is 5.32 Å². The second kappa shape index (κ2) is 11.2. The summed E-state index contributed by atoms with van der Waals surface area (Å²) in [6.07, 6.45) is -0.0447. The zero-order chi connectivity index (χ0) is 20.2. The minimum atomic E-state index is -0.869. The lowest BCUT2D eigenvalue weighted by molar-refractivity contribution is -0.137. The zero-order valence-electron chi connectivity index (χ0n) is 15.6. The third-order valence-electron chi connectivity index (χ3n) is 3.57. The number of hydrogen-bond acceptors (Lipinski definition) is 5. The van der Waals surface area contributed by atoms with Gasteiger partial charge in [0.25, 0.3) is 5.78 Å². The van der Waals surface area contributed by atoms with Crippen molar-refractivity contribution in [2.24, 2.45) is 0 Å². The van der Waals surface area contributed by atoms with E-state index < -0.39 is 17.8 Å². The molecule has 28 heavy (non-hydrogen) atoms. The molecule has 0 radical (unpaired) electrons. The van der Waals surface area contributed by atoms with Gasteiger partial charge in [0.1, 0.15) is 6.61 Å². The standard InChI is InChI=1S/C22H21NO5/c1-2-27-21(25)20(24)19-13-11-17(12-14-19)8-6-7-15-23-22(26)28-16-18-9-4-3-5-10-18/h3-5,9-14H,2,7,15-16H2,1H3,(H,23,26). The Kier molecular flexibility index (Phi) is 8.28. The molecule has 0 bridgehead atoms. The van der Waals surface area contributed by atoms with Crippen LogP contribution in [0, 0.1) is 11.8 Å². The molecular formula is C22H21NO5. The number of ether oxygens (including phenoxy) is 2. The minimum Gasteiger partial charge on any atom is -0.460 e. The smallest absolute Gasteiger partial charge is 0.407 e. The van der Waals surface area contributed by atoms with E-state index in [1.165, 1.54) is 12.1 Å². The Labute approximate surface area is 163 Å². The number of amides is 1. The summed E-state index contributed by atoms with van der Waals surface area (Å²) < 4.78 is 9.78. The third-order valence-corrected chi connectivity index (χ3v) is 3.57. The number of esters is 1. The first-order chi connectivity index (χ1) is 13.6. The quantitative estimate of drug-likeness (QED) is 0.263. The highest BCUT2D eigenvalue weighted by molar-refractivity contribution is 6.40. The lowest BCUT2D eigenvalue weighted by atomic mass is 10.1. The Balaban J connectivity index is 1.71. The number of carbonyl (C=O) groups is 3. The summed E-state index contributed by atoms with van der Waals surface area (Å²) >= 11 is 0. The van der Waals surface area contributed by atoms with E-state index >= 15 is 0 Å². The lowest BCUT2D eigenvalue weighted by Crippen LogP contribution is -2.24. The first kappa shape index (κ1) is 20.7. The Morgan fingerprint density at radius 2 is 1.68 bits per heavy atom. The monoisotopic (exact) mass is 379 g/mol. The molecule has 0 aliphatic heterocycles. The van der Waals surface area contributed by atoms with Crippen molar-refractivity contribution in [3.8, 4) is 11.8 Å².